The fraction of sp³-hybridized carbons (Fsp3) is 0.556. The van der Waals surface area contributed by atoms with E-state index in [9.17, 15) is 13.2 Å². The molecule has 3 heterocycles. The predicted molar refractivity (Wildman–Crippen MR) is 144 cm³/mol. The Labute approximate surface area is 220 Å². The Bertz CT molecular complexity index is 1180. The number of hydrogen-bond donors (Lipinski definition) is 1. The van der Waals surface area contributed by atoms with Crippen molar-refractivity contribution in [2.75, 3.05) is 59.4 Å². The van der Waals surface area contributed by atoms with Crippen molar-refractivity contribution < 1.29 is 17.7 Å². The van der Waals surface area contributed by atoms with Crippen LogP contribution in [-0.2, 0) is 14.8 Å². The molecule has 2 fully saturated rings. The minimum absolute atomic E-state index is 0.0262. The minimum atomic E-state index is -3.79. The quantitative estimate of drug-likeness (QED) is 0.499. The van der Waals surface area contributed by atoms with Crippen molar-refractivity contribution in [2.24, 2.45) is 5.92 Å². The third-order valence-electron chi connectivity index (χ3n) is 7.31. The van der Waals surface area contributed by atoms with E-state index in [0.717, 1.165) is 50.3 Å². The lowest BCUT2D eigenvalue weighted by molar-refractivity contribution is -0.126. The Morgan fingerprint density at radius 3 is 2.41 bits per heavy atom. The molecule has 0 unspecified atom stereocenters. The summed E-state index contributed by atoms with van der Waals surface area (Å²) in [5.41, 5.74) is 2.43. The molecule has 10 heteroatoms. The van der Waals surface area contributed by atoms with Gasteiger partial charge in [0.1, 0.15) is 5.69 Å². The van der Waals surface area contributed by atoms with Gasteiger partial charge in [-0.05, 0) is 58.3 Å². The van der Waals surface area contributed by atoms with Gasteiger partial charge in [0.05, 0.1) is 0 Å². The molecule has 0 saturated carbocycles. The van der Waals surface area contributed by atoms with E-state index in [4.69, 9.17) is 4.52 Å². The number of piperidine rings is 1. The molecule has 202 valence electrons. The van der Waals surface area contributed by atoms with Crippen LogP contribution < -0.4 is 5.32 Å². The van der Waals surface area contributed by atoms with Gasteiger partial charge in [0.25, 0.3) is 0 Å². The Morgan fingerprint density at radius 2 is 1.73 bits per heavy atom. The molecule has 2 aromatic rings. The van der Waals surface area contributed by atoms with Crippen molar-refractivity contribution in [1.29, 1.82) is 0 Å². The molecule has 0 spiro atoms. The zero-order valence-electron chi connectivity index (χ0n) is 22.1. The van der Waals surface area contributed by atoms with E-state index in [-0.39, 0.29) is 22.5 Å². The summed E-state index contributed by atoms with van der Waals surface area (Å²) in [7, 11) is -1.65. The molecule has 0 bridgehead atoms. The van der Waals surface area contributed by atoms with E-state index in [2.05, 4.69) is 27.3 Å². The molecule has 1 N–H and O–H groups in total. The van der Waals surface area contributed by atoms with Crippen LogP contribution in [0.1, 0.15) is 41.8 Å². The van der Waals surface area contributed by atoms with Crippen LogP contribution in [0.5, 0.6) is 0 Å². The van der Waals surface area contributed by atoms with Crippen LogP contribution in [0.2, 0.25) is 0 Å². The normalized spacial score (nSPS) is 19.0. The SMILES string of the molecule is Cc1ccc(C=Cc2onc(C)c2S(=O)(=O)N2CCC(C(=O)NCCCN3CCN(C)CC3)CC2)cc1. The highest BCUT2D eigenvalue weighted by molar-refractivity contribution is 7.89. The molecule has 4 rings (SSSR count). The zero-order valence-corrected chi connectivity index (χ0v) is 23.0. The fourth-order valence-corrected chi connectivity index (χ4v) is 6.59. The summed E-state index contributed by atoms with van der Waals surface area (Å²) < 4.78 is 33.8. The van der Waals surface area contributed by atoms with Crippen molar-refractivity contribution in [3.05, 3.63) is 46.8 Å². The average Bonchev–Trinajstić information content (AvgIpc) is 3.28. The van der Waals surface area contributed by atoms with Crippen LogP contribution in [0.4, 0.5) is 0 Å². The van der Waals surface area contributed by atoms with E-state index in [1.165, 1.54) is 4.31 Å². The van der Waals surface area contributed by atoms with E-state index < -0.39 is 10.0 Å². The maximum absolute atomic E-state index is 13.5. The van der Waals surface area contributed by atoms with Gasteiger partial charge in [-0.3, -0.25) is 4.79 Å². The van der Waals surface area contributed by atoms with Gasteiger partial charge in [0, 0.05) is 51.7 Å². The maximum Gasteiger partial charge on any atom is 0.248 e. The summed E-state index contributed by atoms with van der Waals surface area (Å²) in [4.78, 5) is 17.6. The molecule has 1 aromatic carbocycles. The second-order valence-electron chi connectivity index (χ2n) is 10.2. The summed E-state index contributed by atoms with van der Waals surface area (Å²) in [5.74, 6) is 0.0798. The number of nitrogens with one attached hydrogen (secondary N) is 1. The van der Waals surface area contributed by atoms with Crippen LogP contribution in [-0.4, -0.2) is 93.0 Å². The molecule has 0 atom stereocenters. The molecule has 1 amide bonds. The summed E-state index contributed by atoms with van der Waals surface area (Å²) in [6.07, 6.45) is 5.40. The van der Waals surface area contributed by atoms with E-state index in [0.29, 0.717) is 38.2 Å². The van der Waals surface area contributed by atoms with Crippen LogP contribution >= 0.6 is 0 Å². The van der Waals surface area contributed by atoms with Gasteiger partial charge in [-0.2, -0.15) is 4.31 Å². The lowest BCUT2D eigenvalue weighted by Crippen LogP contribution is -2.45. The molecular formula is C27H39N5O4S. The number of likely N-dealkylation sites (N-methyl/N-ethyl adjacent to an activating group) is 1. The van der Waals surface area contributed by atoms with Gasteiger partial charge in [-0.1, -0.05) is 41.1 Å². The maximum atomic E-state index is 13.5. The van der Waals surface area contributed by atoms with Gasteiger partial charge in [0.2, 0.25) is 15.9 Å². The number of piperazine rings is 1. The van der Waals surface area contributed by atoms with E-state index in [1.54, 1.807) is 13.0 Å². The molecular weight excluding hydrogens is 490 g/mol. The standard InChI is InChI=1S/C27H39N5O4S/c1-21-5-7-23(8-6-21)9-10-25-26(22(2)29-36-25)37(34,35)32-15-11-24(12-16-32)27(33)28-13-4-14-31-19-17-30(3)18-20-31/h5-10,24H,4,11-20H2,1-3H3,(H,28,33). The van der Waals surface area contributed by atoms with Crippen LogP contribution in [0.15, 0.2) is 33.7 Å². The Morgan fingerprint density at radius 1 is 1.05 bits per heavy atom. The summed E-state index contributed by atoms with van der Waals surface area (Å²) >= 11 is 0. The number of aromatic nitrogens is 1. The second-order valence-corrected chi connectivity index (χ2v) is 12.0. The van der Waals surface area contributed by atoms with Crippen molar-refractivity contribution >= 4 is 28.1 Å². The number of benzene rings is 1. The third-order valence-corrected chi connectivity index (χ3v) is 9.36. The number of carbonyl (C=O) groups is 1. The summed E-state index contributed by atoms with van der Waals surface area (Å²) in [5, 5.41) is 6.98. The largest absolute Gasteiger partial charge is 0.356 e. The molecule has 2 aliphatic heterocycles. The number of rotatable bonds is 9. The van der Waals surface area contributed by atoms with Crippen molar-refractivity contribution in [3.63, 3.8) is 0 Å². The highest BCUT2D eigenvalue weighted by atomic mass is 32.2. The van der Waals surface area contributed by atoms with Gasteiger partial charge in [0.15, 0.2) is 10.7 Å². The number of sulfonamides is 1. The lowest BCUT2D eigenvalue weighted by Gasteiger charge is -2.32. The Kier molecular flexibility index (Phi) is 9.17. The van der Waals surface area contributed by atoms with E-state index >= 15 is 0 Å². The van der Waals surface area contributed by atoms with Gasteiger partial charge >= 0.3 is 0 Å². The fourth-order valence-electron chi connectivity index (χ4n) is 4.87. The van der Waals surface area contributed by atoms with Crippen molar-refractivity contribution in [1.82, 2.24) is 24.6 Å². The Hall–Kier alpha value is -2.53. The highest BCUT2D eigenvalue weighted by Gasteiger charge is 2.35. The highest BCUT2D eigenvalue weighted by Crippen LogP contribution is 2.29. The smallest absolute Gasteiger partial charge is 0.248 e. The van der Waals surface area contributed by atoms with Gasteiger partial charge < -0.3 is 19.6 Å². The third kappa shape index (κ3) is 7.07. The monoisotopic (exact) mass is 529 g/mol. The molecule has 2 aliphatic rings. The Balaban J connectivity index is 1.28. The van der Waals surface area contributed by atoms with Crippen LogP contribution in [0.25, 0.3) is 12.2 Å². The van der Waals surface area contributed by atoms with Crippen molar-refractivity contribution in [3.8, 4) is 0 Å². The average molecular weight is 530 g/mol. The first kappa shape index (κ1) is 27.5. The minimum Gasteiger partial charge on any atom is -0.356 e. The van der Waals surface area contributed by atoms with Gasteiger partial charge in [-0.25, -0.2) is 8.42 Å². The van der Waals surface area contributed by atoms with E-state index in [1.807, 2.05) is 37.3 Å². The molecule has 2 saturated heterocycles. The topological polar surface area (TPSA) is 99.0 Å². The first-order chi connectivity index (χ1) is 17.7. The van der Waals surface area contributed by atoms with Crippen molar-refractivity contribution in [2.45, 2.75) is 38.0 Å². The first-order valence-electron chi connectivity index (χ1n) is 13.1. The molecule has 0 radical (unpaired) electrons. The van der Waals surface area contributed by atoms with Crippen LogP contribution in [0.3, 0.4) is 0 Å². The van der Waals surface area contributed by atoms with Crippen LogP contribution in [0, 0.1) is 19.8 Å². The van der Waals surface area contributed by atoms with Gasteiger partial charge in [-0.15, -0.1) is 0 Å². The number of carbonyl (C=O) groups excluding carboxylic acids is 1. The molecule has 9 nitrogen and oxygen atoms in total. The number of hydrogen-bond acceptors (Lipinski definition) is 7. The second kappa shape index (κ2) is 12.3. The summed E-state index contributed by atoms with van der Waals surface area (Å²) in [6, 6.07) is 7.92. The first-order valence-corrected chi connectivity index (χ1v) is 14.6. The molecule has 0 aliphatic carbocycles. The molecule has 1 aromatic heterocycles. The number of nitrogens with zero attached hydrogens (tertiary/aromatic N) is 4. The predicted octanol–water partition coefficient (Wildman–Crippen LogP) is 2.62. The lowest BCUT2D eigenvalue weighted by atomic mass is 9.97. The zero-order chi connectivity index (χ0) is 26.4. The molecule has 37 heavy (non-hydrogen) atoms. The summed E-state index contributed by atoms with van der Waals surface area (Å²) in [6.45, 7) is 10.2. The number of aryl methyl sites for hydroxylation is 2. The number of amides is 1.